The van der Waals surface area contributed by atoms with Gasteiger partial charge in [-0.25, -0.2) is 0 Å². The standard InChI is InChI=1S/C23H22NO2P/c25-27(19-10-3-1-4-11-19,20-12-5-2-6-13-20)23-17-22-21-14-8-7-9-18(21)15-16-24(22)26-23/h1-14,22-23H,15-17H2/t22-,23+/m0/s1. The van der Waals surface area contributed by atoms with Gasteiger partial charge in [-0.2, -0.15) is 5.06 Å². The van der Waals surface area contributed by atoms with Crippen molar-refractivity contribution in [2.45, 2.75) is 24.7 Å². The van der Waals surface area contributed by atoms with Crippen molar-refractivity contribution in [2.75, 3.05) is 6.54 Å². The van der Waals surface area contributed by atoms with Gasteiger partial charge in [0.2, 0.25) is 0 Å². The first-order valence-corrected chi connectivity index (χ1v) is 11.3. The van der Waals surface area contributed by atoms with E-state index < -0.39 is 7.14 Å². The van der Waals surface area contributed by atoms with Crippen molar-refractivity contribution >= 4 is 17.8 Å². The molecule has 1 saturated heterocycles. The van der Waals surface area contributed by atoms with Crippen LogP contribution in [0.4, 0.5) is 0 Å². The summed E-state index contributed by atoms with van der Waals surface area (Å²) in [7, 11) is -2.92. The Labute approximate surface area is 159 Å². The van der Waals surface area contributed by atoms with Crippen molar-refractivity contribution < 1.29 is 9.40 Å². The molecule has 0 unspecified atom stereocenters. The zero-order valence-corrected chi connectivity index (χ0v) is 16.0. The van der Waals surface area contributed by atoms with Crippen LogP contribution < -0.4 is 10.6 Å². The van der Waals surface area contributed by atoms with E-state index in [1.807, 2.05) is 60.7 Å². The Balaban J connectivity index is 1.58. The van der Waals surface area contributed by atoms with Crippen molar-refractivity contribution in [2.24, 2.45) is 0 Å². The van der Waals surface area contributed by atoms with Gasteiger partial charge >= 0.3 is 0 Å². The van der Waals surface area contributed by atoms with E-state index in [1.165, 1.54) is 11.1 Å². The van der Waals surface area contributed by atoms with Crippen LogP contribution in [-0.2, 0) is 15.8 Å². The Morgan fingerprint density at radius 3 is 2.07 bits per heavy atom. The van der Waals surface area contributed by atoms with Gasteiger partial charge in [0.15, 0.2) is 7.14 Å². The van der Waals surface area contributed by atoms with E-state index in [0.717, 1.165) is 30.0 Å². The van der Waals surface area contributed by atoms with E-state index >= 15 is 0 Å². The number of nitrogens with zero attached hydrogens (tertiary/aromatic N) is 1. The van der Waals surface area contributed by atoms with Gasteiger partial charge < -0.3 is 4.57 Å². The van der Waals surface area contributed by atoms with Crippen LogP contribution in [0.5, 0.6) is 0 Å². The van der Waals surface area contributed by atoms with Crippen LogP contribution in [0.3, 0.4) is 0 Å². The highest BCUT2D eigenvalue weighted by Crippen LogP contribution is 2.56. The minimum Gasteiger partial charge on any atom is -0.311 e. The van der Waals surface area contributed by atoms with E-state index in [1.54, 1.807) is 0 Å². The highest BCUT2D eigenvalue weighted by atomic mass is 31.2. The summed E-state index contributed by atoms with van der Waals surface area (Å²) >= 11 is 0. The number of hydrogen-bond acceptors (Lipinski definition) is 3. The molecule has 0 aromatic heterocycles. The molecular weight excluding hydrogens is 353 g/mol. The third kappa shape index (κ3) is 2.78. The number of rotatable bonds is 3. The quantitative estimate of drug-likeness (QED) is 0.641. The number of fused-ring (bicyclic) bond motifs is 3. The minimum absolute atomic E-state index is 0.181. The summed E-state index contributed by atoms with van der Waals surface area (Å²) in [5, 5.41) is 3.80. The van der Waals surface area contributed by atoms with Crippen LogP contribution in [0.15, 0.2) is 84.9 Å². The Bertz CT molecular complexity index is 946. The fourth-order valence-electron chi connectivity index (χ4n) is 4.38. The molecule has 0 aliphatic carbocycles. The van der Waals surface area contributed by atoms with E-state index in [9.17, 15) is 4.57 Å². The zero-order valence-electron chi connectivity index (χ0n) is 15.1. The Hall–Kier alpha value is -2.19. The second-order valence-electron chi connectivity index (χ2n) is 7.23. The van der Waals surface area contributed by atoms with Crippen LogP contribution in [-0.4, -0.2) is 17.5 Å². The molecule has 2 atom stereocenters. The Kier molecular flexibility index (Phi) is 4.24. The van der Waals surface area contributed by atoms with E-state index in [2.05, 4.69) is 29.3 Å². The van der Waals surface area contributed by atoms with E-state index in [-0.39, 0.29) is 11.9 Å². The van der Waals surface area contributed by atoms with Crippen LogP contribution >= 0.6 is 7.14 Å². The first-order chi connectivity index (χ1) is 13.3. The monoisotopic (exact) mass is 375 g/mol. The molecule has 0 radical (unpaired) electrons. The maximum atomic E-state index is 14.5. The van der Waals surface area contributed by atoms with Crippen molar-refractivity contribution in [1.29, 1.82) is 0 Å². The lowest BCUT2D eigenvalue weighted by atomic mass is 9.93. The lowest BCUT2D eigenvalue weighted by Crippen LogP contribution is -2.31. The molecule has 4 heteroatoms. The molecule has 3 aromatic rings. The fraction of sp³-hybridized carbons (Fsp3) is 0.217. The molecule has 2 aliphatic heterocycles. The van der Waals surface area contributed by atoms with Crippen molar-refractivity contribution in [3.63, 3.8) is 0 Å². The van der Waals surface area contributed by atoms with E-state index in [4.69, 9.17) is 4.84 Å². The summed E-state index contributed by atoms with van der Waals surface area (Å²) in [5.41, 5.74) is 2.70. The van der Waals surface area contributed by atoms with Gasteiger partial charge in [-0.3, -0.25) is 4.84 Å². The summed E-state index contributed by atoms with van der Waals surface area (Å²) in [6.45, 7) is 0.849. The first kappa shape index (κ1) is 16.9. The summed E-state index contributed by atoms with van der Waals surface area (Å²) in [6.07, 6.45) is 1.72. The Morgan fingerprint density at radius 1 is 0.815 bits per heavy atom. The summed E-state index contributed by atoms with van der Waals surface area (Å²) in [4.78, 5) is 6.37. The van der Waals surface area contributed by atoms with Gasteiger partial charge in [-0.05, 0) is 17.5 Å². The predicted octanol–water partition coefficient (Wildman–Crippen LogP) is 4.26. The predicted molar refractivity (Wildman–Crippen MR) is 109 cm³/mol. The van der Waals surface area contributed by atoms with Crippen LogP contribution in [0.1, 0.15) is 23.6 Å². The molecule has 0 saturated carbocycles. The lowest BCUT2D eigenvalue weighted by Gasteiger charge is -2.30. The highest BCUT2D eigenvalue weighted by Gasteiger charge is 2.47. The zero-order chi connectivity index (χ0) is 18.3. The number of benzene rings is 3. The molecular formula is C23H22NO2P. The van der Waals surface area contributed by atoms with Crippen LogP contribution in [0.25, 0.3) is 0 Å². The smallest absolute Gasteiger partial charge is 0.172 e. The second-order valence-corrected chi connectivity index (χ2v) is 10.2. The van der Waals surface area contributed by atoms with Gasteiger partial charge in [0.25, 0.3) is 0 Å². The molecule has 5 rings (SSSR count). The molecule has 0 amide bonds. The molecule has 2 aliphatic rings. The number of hydroxylamine groups is 2. The second kappa shape index (κ2) is 6.76. The average molecular weight is 375 g/mol. The summed E-state index contributed by atoms with van der Waals surface area (Å²) in [6, 6.07) is 28.4. The maximum Gasteiger partial charge on any atom is 0.172 e. The third-order valence-electron chi connectivity index (χ3n) is 5.73. The minimum atomic E-state index is -2.92. The molecule has 1 fully saturated rings. The largest absolute Gasteiger partial charge is 0.311 e. The molecule has 0 N–H and O–H groups in total. The normalized spacial score (nSPS) is 22.2. The van der Waals surface area contributed by atoms with Gasteiger partial charge in [-0.15, -0.1) is 0 Å². The average Bonchev–Trinajstić information content (AvgIpc) is 3.20. The molecule has 27 heavy (non-hydrogen) atoms. The summed E-state index contributed by atoms with van der Waals surface area (Å²) in [5.74, 6) is -0.335. The Morgan fingerprint density at radius 2 is 1.41 bits per heavy atom. The molecule has 0 bridgehead atoms. The van der Waals surface area contributed by atoms with Crippen molar-refractivity contribution in [3.8, 4) is 0 Å². The summed E-state index contributed by atoms with van der Waals surface area (Å²) < 4.78 is 14.5. The molecule has 3 nitrogen and oxygen atoms in total. The maximum absolute atomic E-state index is 14.5. The van der Waals surface area contributed by atoms with Gasteiger partial charge in [0.05, 0.1) is 6.04 Å². The van der Waals surface area contributed by atoms with Gasteiger partial charge in [-0.1, -0.05) is 84.9 Å². The van der Waals surface area contributed by atoms with Crippen LogP contribution in [0.2, 0.25) is 0 Å². The number of hydrogen-bond donors (Lipinski definition) is 0. The molecule has 136 valence electrons. The van der Waals surface area contributed by atoms with Crippen molar-refractivity contribution in [3.05, 3.63) is 96.1 Å². The third-order valence-corrected chi connectivity index (χ3v) is 8.98. The van der Waals surface area contributed by atoms with Crippen LogP contribution in [0, 0.1) is 0 Å². The van der Waals surface area contributed by atoms with Gasteiger partial charge in [0, 0.05) is 23.6 Å². The first-order valence-electron chi connectivity index (χ1n) is 9.49. The van der Waals surface area contributed by atoms with Gasteiger partial charge in [0.1, 0.15) is 5.85 Å². The van der Waals surface area contributed by atoms with Crippen molar-refractivity contribution in [1.82, 2.24) is 5.06 Å². The fourth-order valence-corrected chi connectivity index (χ4v) is 7.33. The highest BCUT2D eigenvalue weighted by molar-refractivity contribution is 7.79. The lowest BCUT2D eigenvalue weighted by molar-refractivity contribution is -0.147. The SMILES string of the molecule is O=P(c1ccccc1)(c1ccccc1)[C@@H]1C[C@H]2c3ccccc3CCN2O1. The molecule has 2 heterocycles. The van der Waals surface area contributed by atoms with E-state index in [0.29, 0.717) is 0 Å². The topological polar surface area (TPSA) is 29.5 Å². The molecule has 3 aromatic carbocycles. The molecule has 0 spiro atoms.